The molecule has 2 aromatic rings. The van der Waals surface area contributed by atoms with Crippen molar-refractivity contribution in [2.24, 2.45) is 0 Å². The smallest absolute Gasteiger partial charge is 0.272 e. The van der Waals surface area contributed by atoms with E-state index in [0.717, 1.165) is 17.5 Å². The van der Waals surface area contributed by atoms with E-state index in [2.05, 4.69) is 10.3 Å². The first-order valence-electron chi connectivity index (χ1n) is 9.24. The van der Waals surface area contributed by atoms with Crippen molar-refractivity contribution in [2.45, 2.75) is 32.9 Å². The predicted molar refractivity (Wildman–Crippen MR) is 105 cm³/mol. The van der Waals surface area contributed by atoms with E-state index in [1.807, 2.05) is 26.0 Å². The first-order valence-corrected chi connectivity index (χ1v) is 9.24. The van der Waals surface area contributed by atoms with Crippen LogP contribution in [0.5, 0.6) is 11.5 Å². The Labute approximate surface area is 164 Å². The number of carbonyl (C=O) groups excluding carboxylic acids is 2. The summed E-state index contributed by atoms with van der Waals surface area (Å²) >= 11 is 0. The molecule has 0 spiro atoms. The topological polar surface area (TPSA) is 80.8 Å². The highest BCUT2D eigenvalue weighted by Gasteiger charge is 2.25. The Bertz CT molecular complexity index is 895. The molecule has 2 amide bonds. The van der Waals surface area contributed by atoms with Crippen molar-refractivity contribution in [3.63, 3.8) is 0 Å². The molecule has 0 unspecified atom stereocenters. The Kier molecular flexibility index (Phi) is 5.82. The Hall–Kier alpha value is -3.09. The Morgan fingerprint density at radius 3 is 2.36 bits per heavy atom. The number of ether oxygens (including phenoxy) is 2. The molecule has 1 aromatic heterocycles. The first kappa shape index (κ1) is 19.7. The van der Waals surface area contributed by atoms with Gasteiger partial charge in [0, 0.05) is 19.1 Å². The van der Waals surface area contributed by atoms with E-state index in [1.165, 1.54) is 0 Å². The van der Waals surface area contributed by atoms with Crippen LogP contribution in [0.4, 0.5) is 0 Å². The molecule has 0 radical (unpaired) electrons. The molecule has 148 valence electrons. The molecule has 0 bridgehead atoms. The van der Waals surface area contributed by atoms with Gasteiger partial charge < -0.3 is 19.7 Å². The number of carbonyl (C=O) groups is 2. The minimum absolute atomic E-state index is 0.000717. The summed E-state index contributed by atoms with van der Waals surface area (Å²) in [6.07, 6.45) is 0.717. The van der Waals surface area contributed by atoms with Crippen LogP contribution in [-0.4, -0.2) is 48.5 Å². The number of hydrogen-bond acceptors (Lipinski definition) is 5. The van der Waals surface area contributed by atoms with Crippen LogP contribution in [0.3, 0.4) is 0 Å². The van der Waals surface area contributed by atoms with Crippen molar-refractivity contribution < 1.29 is 19.1 Å². The maximum atomic E-state index is 13.0. The zero-order valence-corrected chi connectivity index (χ0v) is 16.6. The fourth-order valence-corrected chi connectivity index (χ4v) is 3.23. The van der Waals surface area contributed by atoms with Crippen LogP contribution in [0, 0.1) is 0 Å². The third kappa shape index (κ3) is 4.08. The maximum absolute atomic E-state index is 13.0. The summed E-state index contributed by atoms with van der Waals surface area (Å²) in [6.45, 7) is 4.78. The fraction of sp³-hybridized carbons (Fsp3) is 0.381. The normalized spacial score (nSPS) is 13.1. The molecule has 0 saturated heterocycles. The van der Waals surface area contributed by atoms with Crippen LogP contribution in [0.25, 0.3) is 0 Å². The van der Waals surface area contributed by atoms with Gasteiger partial charge in [-0.15, -0.1) is 0 Å². The SMILES string of the molecule is COc1cc2c(cc1OC)CN(C(=O)c1cccc(C(=O)NC(C)C)n1)CC2. The molecule has 0 atom stereocenters. The molecule has 1 aliphatic rings. The number of nitrogens with one attached hydrogen (secondary N) is 1. The molecule has 0 fully saturated rings. The van der Waals surface area contributed by atoms with Gasteiger partial charge in [-0.25, -0.2) is 4.98 Å². The van der Waals surface area contributed by atoms with Crippen molar-refractivity contribution in [3.8, 4) is 11.5 Å². The maximum Gasteiger partial charge on any atom is 0.272 e. The molecule has 1 aromatic carbocycles. The van der Waals surface area contributed by atoms with Crippen LogP contribution in [0.1, 0.15) is 46.0 Å². The van der Waals surface area contributed by atoms with Gasteiger partial charge in [-0.3, -0.25) is 9.59 Å². The van der Waals surface area contributed by atoms with Gasteiger partial charge in [0.05, 0.1) is 14.2 Å². The Morgan fingerprint density at radius 2 is 1.71 bits per heavy atom. The second-order valence-electron chi connectivity index (χ2n) is 6.99. The first-order chi connectivity index (χ1) is 13.4. The number of methoxy groups -OCH3 is 2. The lowest BCUT2D eigenvalue weighted by atomic mass is 9.98. The summed E-state index contributed by atoms with van der Waals surface area (Å²) in [5, 5.41) is 2.79. The highest BCUT2D eigenvalue weighted by molar-refractivity contribution is 5.96. The van der Waals surface area contributed by atoms with Crippen molar-refractivity contribution in [1.82, 2.24) is 15.2 Å². The standard InChI is InChI=1S/C21H25N3O4/c1-13(2)22-20(25)16-6-5-7-17(23-16)21(26)24-9-8-14-10-18(27-3)19(28-4)11-15(14)12-24/h5-7,10-11,13H,8-9,12H2,1-4H3,(H,22,25). The quantitative estimate of drug-likeness (QED) is 0.858. The van der Waals surface area contributed by atoms with Crippen molar-refractivity contribution in [2.75, 3.05) is 20.8 Å². The minimum atomic E-state index is -0.287. The summed E-state index contributed by atoms with van der Waals surface area (Å²) in [6, 6.07) is 8.80. The second kappa shape index (κ2) is 8.29. The predicted octanol–water partition coefficient (Wildman–Crippen LogP) is 2.44. The average molecular weight is 383 g/mol. The summed E-state index contributed by atoms with van der Waals surface area (Å²) in [5.41, 5.74) is 2.66. The number of hydrogen-bond donors (Lipinski definition) is 1. The van der Waals surface area contributed by atoms with Crippen LogP contribution >= 0.6 is 0 Å². The molecule has 0 aliphatic carbocycles. The Morgan fingerprint density at radius 1 is 1.07 bits per heavy atom. The van der Waals surface area contributed by atoms with E-state index < -0.39 is 0 Å². The van der Waals surface area contributed by atoms with E-state index >= 15 is 0 Å². The van der Waals surface area contributed by atoms with Crippen LogP contribution in [0.2, 0.25) is 0 Å². The fourth-order valence-electron chi connectivity index (χ4n) is 3.23. The van der Waals surface area contributed by atoms with Gasteiger partial charge in [-0.05, 0) is 55.7 Å². The molecule has 1 aliphatic heterocycles. The highest BCUT2D eigenvalue weighted by atomic mass is 16.5. The van der Waals surface area contributed by atoms with Crippen LogP contribution in [0.15, 0.2) is 30.3 Å². The van der Waals surface area contributed by atoms with E-state index in [-0.39, 0.29) is 29.2 Å². The lowest BCUT2D eigenvalue weighted by Gasteiger charge is -2.29. The van der Waals surface area contributed by atoms with Gasteiger partial charge in [0.1, 0.15) is 11.4 Å². The van der Waals surface area contributed by atoms with E-state index in [1.54, 1.807) is 37.3 Å². The number of nitrogens with zero attached hydrogens (tertiary/aromatic N) is 2. The van der Waals surface area contributed by atoms with E-state index in [0.29, 0.717) is 24.6 Å². The number of benzene rings is 1. The van der Waals surface area contributed by atoms with Gasteiger partial charge in [0.2, 0.25) is 0 Å². The van der Waals surface area contributed by atoms with Crippen LogP contribution < -0.4 is 14.8 Å². The van der Waals surface area contributed by atoms with Crippen molar-refractivity contribution in [1.29, 1.82) is 0 Å². The molecule has 2 heterocycles. The molecule has 0 saturated carbocycles. The van der Waals surface area contributed by atoms with Crippen molar-refractivity contribution >= 4 is 11.8 Å². The van der Waals surface area contributed by atoms with E-state index in [9.17, 15) is 9.59 Å². The highest BCUT2D eigenvalue weighted by Crippen LogP contribution is 2.33. The number of aromatic nitrogens is 1. The monoisotopic (exact) mass is 383 g/mol. The van der Waals surface area contributed by atoms with Gasteiger partial charge in [0.15, 0.2) is 11.5 Å². The molecular formula is C21H25N3O4. The second-order valence-corrected chi connectivity index (χ2v) is 6.99. The number of rotatable bonds is 5. The number of fused-ring (bicyclic) bond motifs is 1. The molecule has 7 heteroatoms. The van der Waals surface area contributed by atoms with Gasteiger partial charge in [0.25, 0.3) is 11.8 Å². The zero-order chi connectivity index (χ0) is 20.3. The van der Waals surface area contributed by atoms with Gasteiger partial charge in [-0.2, -0.15) is 0 Å². The number of pyridine rings is 1. The molecule has 1 N–H and O–H groups in total. The molecular weight excluding hydrogens is 358 g/mol. The molecule has 3 rings (SSSR count). The summed E-state index contributed by atoms with van der Waals surface area (Å²) in [4.78, 5) is 31.1. The van der Waals surface area contributed by atoms with Crippen molar-refractivity contribution in [3.05, 3.63) is 52.8 Å². The zero-order valence-electron chi connectivity index (χ0n) is 16.6. The Balaban J connectivity index is 1.80. The van der Waals surface area contributed by atoms with E-state index in [4.69, 9.17) is 9.47 Å². The molecule has 28 heavy (non-hydrogen) atoms. The lowest BCUT2D eigenvalue weighted by molar-refractivity contribution is 0.0728. The average Bonchev–Trinajstić information content (AvgIpc) is 2.71. The largest absolute Gasteiger partial charge is 0.493 e. The summed E-state index contributed by atoms with van der Waals surface area (Å²) in [7, 11) is 3.20. The number of amides is 2. The lowest BCUT2D eigenvalue weighted by Crippen LogP contribution is -2.37. The minimum Gasteiger partial charge on any atom is -0.493 e. The third-order valence-corrected chi connectivity index (χ3v) is 4.63. The third-order valence-electron chi connectivity index (χ3n) is 4.63. The molecule has 7 nitrogen and oxygen atoms in total. The van der Waals surface area contributed by atoms with Gasteiger partial charge in [-0.1, -0.05) is 6.07 Å². The summed E-state index contributed by atoms with van der Waals surface area (Å²) < 4.78 is 10.7. The van der Waals surface area contributed by atoms with Gasteiger partial charge >= 0.3 is 0 Å². The van der Waals surface area contributed by atoms with Crippen LogP contribution in [-0.2, 0) is 13.0 Å². The summed E-state index contributed by atoms with van der Waals surface area (Å²) in [5.74, 6) is 0.845.